The first-order chi connectivity index (χ1) is 26.5. The molecule has 20 heteroatoms. The molecule has 0 amide bonds. The molecule has 282 valence electrons. The molecule has 0 atom stereocenters. The minimum atomic E-state index is -4.96. The highest BCUT2D eigenvalue weighted by Crippen LogP contribution is 2.39. The lowest BCUT2D eigenvalue weighted by Crippen LogP contribution is -2.27. The molecule has 0 saturated carbocycles. The number of nitrogens with one attached hydrogen (secondary N) is 1. The van der Waals surface area contributed by atoms with E-state index in [4.69, 9.17) is 5.73 Å². The minimum absolute atomic E-state index is 0.0676. The van der Waals surface area contributed by atoms with Crippen molar-refractivity contribution in [1.29, 1.82) is 0 Å². The van der Waals surface area contributed by atoms with Crippen LogP contribution >= 0.6 is 0 Å². The number of hydrogen-bond donors (Lipinski definition) is 5. The third kappa shape index (κ3) is 7.68. The maximum absolute atomic E-state index is 13.4. The number of rotatable bonds is 9. The molecular formula is C36H25N7O10S3. The van der Waals surface area contributed by atoms with Gasteiger partial charge < -0.3 is 5.73 Å². The molecule has 0 heterocycles. The fourth-order valence-corrected chi connectivity index (χ4v) is 7.45. The highest BCUT2D eigenvalue weighted by Gasteiger charge is 2.33. The number of carbonyl (C=O) groups is 1. The Labute approximate surface area is 317 Å². The molecule has 7 rings (SSSR count). The van der Waals surface area contributed by atoms with Crippen molar-refractivity contribution in [3.8, 4) is 0 Å². The summed E-state index contributed by atoms with van der Waals surface area (Å²) < 4.78 is 102. The van der Waals surface area contributed by atoms with Crippen molar-refractivity contribution in [2.45, 2.75) is 9.79 Å². The quantitative estimate of drug-likeness (QED) is 0.0405. The Hall–Kier alpha value is -6.55. The van der Waals surface area contributed by atoms with E-state index in [1.807, 2.05) is 0 Å². The molecule has 56 heavy (non-hydrogen) atoms. The summed E-state index contributed by atoms with van der Waals surface area (Å²) in [5.74, 6) is -0.838. The van der Waals surface area contributed by atoms with Gasteiger partial charge >= 0.3 is 0 Å². The van der Waals surface area contributed by atoms with Crippen molar-refractivity contribution in [1.82, 2.24) is 0 Å². The van der Waals surface area contributed by atoms with E-state index in [2.05, 4.69) is 31.0 Å². The largest absolute Gasteiger partial charge is 0.399 e. The van der Waals surface area contributed by atoms with Crippen LogP contribution in [0.2, 0.25) is 0 Å². The molecule has 0 radical (unpaired) electrons. The molecule has 0 saturated heterocycles. The Morgan fingerprint density at radius 1 is 0.554 bits per heavy atom. The Morgan fingerprint density at radius 3 is 1.71 bits per heavy atom. The van der Waals surface area contributed by atoms with E-state index >= 15 is 0 Å². The van der Waals surface area contributed by atoms with Crippen molar-refractivity contribution in [2.75, 3.05) is 11.2 Å². The molecule has 6 aromatic rings. The molecule has 0 bridgehead atoms. The lowest BCUT2D eigenvalue weighted by atomic mass is 9.94. The minimum Gasteiger partial charge on any atom is -0.399 e. The smallest absolute Gasteiger partial charge is 0.296 e. The molecule has 0 aromatic heterocycles. The number of carbonyl (C=O) groups excluding carboxylic acids is 1. The number of benzene rings is 6. The number of hydrogen-bond acceptors (Lipinski definition) is 14. The number of allylic oxidation sites excluding steroid dienone is 1. The van der Waals surface area contributed by atoms with Crippen molar-refractivity contribution in [3.05, 3.63) is 125 Å². The van der Waals surface area contributed by atoms with Crippen molar-refractivity contribution < 1.29 is 43.7 Å². The maximum Gasteiger partial charge on any atom is 0.296 e. The van der Waals surface area contributed by atoms with E-state index < -0.39 is 56.5 Å². The predicted molar refractivity (Wildman–Crippen MR) is 208 cm³/mol. The number of azo groups is 2. The number of hydrazone groups is 1. The van der Waals surface area contributed by atoms with Crippen LogP contribution in [0.15, 0.2) is 149 Å². The highest BCUT2D eigenvalue weighted by molar-refractivity contribution is 7.91. The maximum atomic E-state index is 13.4. The number of nitrogens with zero attached hydrogens (tertiary/aromatic N) is 5. The van der Waals surface area contributed by atoms with Crippen LogP contribution in [0.3, 0.4) is 0 Å². The Bertz CT molecular complexity index is 3110. The second kappa shape index (κ2) is 14.3. The van der Waals surface area contributed by atoms with Gasteiger partial charge in [-0.15, -0.1) is 15.3 Å². The van der Waals surface area contributed by atoms with E-state index in [1.54, 1.807) is 30.3 Å². The molecule has 0 fully saturated rings. The number of Topliss-reactive ketones (excluding diaryl/α,β-unsaturated/α-hetero) is 1. The molecule has 6 N–H and O–H groups in total. The van der Waals surface area contributed by atoms with Crippen LogP contribution < -0.4 is 11.2 Å². The normalized spacial score (nSPS) is 14.5. The third-order valence-electron chi connectivity index (χ3n) is 8.42. The van der Waals surface area contributed by atoms with Gasteiger partial charge in [-0.1, -0.05) is 30.3 Å². The van der Waals surface area contributed by atoms with Gasteiger partial charge in [-0.25, -0.2) is 0 Å². The molecule has 6 aromatic carbocycles. The molecule has 17 nitrogen and oxygen atoms in total. The number of nitrogen functional groups attached to an aromatic ring is 1. The second-order valence-corrected chi connectivity index (χ2v) is 16.3. The summed E-state index contributed by atoms with van der Waals surface area (Å²) in [4.78, 5) is 11.7. The van der Waals surface area contributed by atoms with Gasteiger partial charge in [0.05, 0.1) is 38.2 Å². The summed E-state index contributed by atoms with van der Waals surface area (Å²) in [5, 5.41) is 22.1. The first-order valence-electron chi connectivity index (χ1n) is 15.9. The lowest BCUT2D eigenvalue weighted by molar-refractivity contribution is 0.106. The Balaban J connectivity index is 1.32. The van der Waals surface area contributed by atoms with Crippen molar-refractivity contribution in [2.24, 2.45) is 25.6 Å². The molecule has 1 aliphatic carbocycles. The Morgan fingerprint density at radius 2 is 1.11 bits per heavy atom. The van der Waals surface area contributed by atoms with E-state index in [1.165, 1.54) is 60.7 Å². The highest BCUT2D eigenvalue weighted by atomic mass is 32.2. The summed E-state index contributed by atoms with van der Waals surface area (Å²) in [7, 11) is -14.3. The van der Waals surface area contributed by atoms with Crippen molar-refractivity contribution in [3.63, 3.8) is 0 Å². The van der Waals surface area contributed by atoms with Crippen LogP contribution in [0.4, 0.5) is 34.1 Å². The molecule has 0 unspecified atom stereocenters. The standard InChI is InChI=1S/C36H25N7O10S3/c37-21-6-9-25-20(16-21)17-34(56(51,52)53)35(36(25)44)43-42-31-13-15-33(29-19-24(55(48,49)50)8-11-27(29)31)41-40-30-12-14-32(39-38-22-4-2-1-3-5-22)28-18-23(54(45,46)47)7-10-26(28)30/h1-19,42H,37H2,(H,45,46,47)(H,48,49,50)(H,51,52,53). The van der Waals surface area contributed by atoms with Crippen LogP contribution in [0.1, 0.15) is 15.9 Å². The average Bonchev–Trinajstić information content (AvgIpc) is 3.15. The summed E-state index contributed by atoms with van der Waals surface area (Å²) in [6.07, 6.45) is 1.05. The van der Waals surface area contributed by atoms with Crippen LogP contribution in [0.25, 0.3) is 27.6 Å². The zero-order valence-corrected chi connectivity index (χ0v) is 30.7. The van der Waals surface area contributed by atoms with Crippen LogP contribution in [-0.2, 0) is 30.4 Å². The lowest BCUT2D eigenvalue weighted by Gasteiger charge is -2.17. The number of nitrogens with two attached hydrogens (primary N) is 1. The van der Waals surface area contributed by atoms with Gasteiger partial charge in [0.2, 0.25) is 5.78 Å². The first kappa shape index (κ1) is 37.8. The SMILES string of the molecule is Nc1ccc2c(c1)C=C(S(=O)(=O)O)C(=NNc1ccc(N=Nc3ccc(N=Nc4ccccc4)c4cc(S(=O)(=O)O)ccc34)c3cc(S(=O)(=O)O)ccc13)C2=O. The summed E-state index contributed by atoms with van der Waals surface area (Å²) in [6.45, 7) is 0. The first-order valence-corrected chi connectivity index (χ1v) is 20.2. The van der Waals surface area contributed by atoms with Gasteiger partial charge in [-0.05, 0) is 90.5 Å². The summed E-state index contributed by atoms with van der Waals surface area (Å²) in [6, 6.07) is 26.0. The fourth-order valence-electron chi connectivity index (χ4n) is 5.78. The van der Waals surface area contributed by atoms with Crippen LogP contribution in [0, 0.1) is 0 Å². The molecule has 0 spiro atoms. The third-order valence-corrected chi connectivity index (χ3v) is 11.0. The average molecular weight is 812 g/mol. The van der Waals surface area contributed by atoms with Gasteiger partial charge in [-0.2, -0.15) is 35.5 Å². The van der Waals surface area contributed by atoms with E-state index in [0.717, 1.165) is 24.3 Å². The number of fused-ring (bicyclic) bond motifs is 3. The second-order valence-electron chi connectivity index (χ2n) is 12.1. The summed E-state index contributed by atoms with van der Waals surface area (Å²) in [5.41, 5.74) is 9.38. The van der Waals surface area contributed by atoms with E-state index in [-0.39, 0.29) is 55.7 Å². The zero-order chi connectivity index (χ0) is 40.0. The van der Waals surface area contributed by atoms with Gasteiger partial charge in [0.1, 0.15) is 4.91 Å². The van der Waals surface area contributed by atoms with E-state index in [9.17, 15) is 43.7 Å². The topological polar surface area (TPSA) is 280 Å². The number of ketones is 1. The van der Waals surface area contributed by atoms with Gasteiger partial charge in [0.25, 0.3) is 30.4 Å². The predicted octanol–water partition coefficient (Wildman–Crippen LogP) is 7.79. The van der Waals surface area contributed by atoms with Gasteiger partial charge in [-0.3, -0.25) is 23.9 Å². The molecule has 0 aliphatic heterocycles. The zero-order valence-electron chi connectivity index (χ0n) is 28.2. The van der Waals surface area contributed by atoms with Crippen LogP contribution in [-0.4, -0.2) is 50.4 Å². The van der Waals surface area contributed by atoms with Gasteiger partial charge in [0, 0.05) is 32.8 Å². The van der Waals surface area contributed by atoms with Crippen molar-refractivity contribution >= 4 is 104 Å². The van der Waals surface area contributed by atoms with E-state index in [0.29, 0.717) is 11.1 Å². The molecule has 1 aliphatic rings. The summed E-state index contributed by atoms with van der Waals surface area (Å²) >= 11 is 0. The molecular weight excluding hydrogens is 787 g/mol. The Kier molecular flexibility index (Phi) is 9.62. The monoisotopic (exact) mass is 811 g/mol. The number of anilines is 2. The van der Waals surface area contributed by atoms with Gasteiger partial charge in [0.15, 0.2) is 5.71 Å². The van der Waals surface area contributed by atoms with Crippen LogP contribution in [0.5, 0.6) is 0 Å². The fraction of sp³-hybridized carbons (Fsp3) is 0.